The van der Waals surface area contributed by atoms with E-state index in [9.17, 15) is 0 Å². The predicted octanol–water partition coefficient (Wildman–Crippen LogP) is 3.45. The standard InChI is InChI=1S/C18H21N5S/c1-24-18-20-9-13(10-21-18)11-23-7-3-5-15(12-23)16-8-14-4-2-6-19-17(14)22-16/h2,4,6,8-10,15H,3,5,7,11-12H2,1H3,(H,19,22)/t15-/m1/s1. The highest BCUT2D eigenvalue weighted by Crippen LogP contribution is 2.29. The molecule has 3 aromatic heterocycles. The molecule has 24 heavy (non-hydrogen) atoms. The van der Waals surface area contributed by atoms with Gasteiger partial charge in [-0.25, -0.2) is 15.0 Å². The Morgan fingerprint density at radius 1 is 1.29 bits per heavy atom. The number of pyridine rings is 1. The van der Waals surface area contributed by atoms with Gasteiger partial charge in [0.25, 0.3) is 0 Å². The van der Waals surface area contributed by atoms with Crippen molar-refractivity contribution < 1.29 is 0 Å². The minimum Gasteiger partial charge on any atom is -0.343 e. The molecule has 1 saturated heterocycles. The number of aromatic amines is 1. The minimum atomic E-state index is 0.541. The molecular weight excluding hydrogens is 318 g/mol. The third-order valence-electron chi connectivity index (χ3n) is 4.63. The number of piperidine rings is 1. The lowest BCUT2D eigenvalue weighted by Crippen LogP contribution is -2.34. The Hall–Kier alpha value is -1.92. The number of hydrogen-bond acceptors (Lipinski definition) is 5. The molecule has 0 spiro atoms. The van der Waals surface area contributed by atoms with E-state index < -0.39 is 0 Å². The third-order valence-corrected chi connectivity index (χ3v) is 5.20. The molecule has 0 amide bonds. The highest BCUT2D eigenvalue weighted by molar-refractivity contribution is 7.98. The maximum atomic E-state index is 4.41. The van der Waals surface area contributed by atoms with Crippen molar-refractivity contribution in [2.45, 2.75) is 30.5 Å². The second-order valence-corrected chi connectivity index (χ2v) is 7.09. The van der Waals surface area contributed by atoms with E-state index in [1.165, 1.54) is 29.5 Å². The van der Waals surface area contributed by atoms with Crippen LogP contribution < -0.4 is 0 Å². The Morgan fingerprint density at radius 3 is 2.96 bits per heavy atom. The summed E-state index contributed by atoms with van der Waals surface area (Å²) in [6.45, 7) is 3.12. The first-order chi connectivity index (χ1) is 11.8. The molecule has 0 aliphatic carbocycles. The van der Waals surface area contributed by atoms with E-state index in [0.717, 1.165) is 30.4 Å². The summed E-state index contributed by atoms with van der Waals surface area (Å²) in [7, 11) is 0. The molecule has 1 aliphatic heterocycles. The van der Waals surface area contributed by atoms with Crippen LogP contribution >= 0.6 is 11.8 Å². The molecule has 5 nitrogen and oxygen atoms in total. The molecule has 1 atom stereocenters. The Morgan fingerprint density at radius 2 is 2.17 bits per heavy atom. The SMILES string of the molecule is CSc1ncc(CN2CCC[C@@H](c3cc4cccnc4[nH]3)C2)cn1. The molecule has 0 saturated carbocycles. The monoisotopic (exact) mass is 339 g/mol. The van der Waals surface area contributed by atoms with Crippen molar-refractivity contribution in [3.8, 4) is 0 Å². The average Bonchev–Trinajstić information content (AvgIpc) is 3.07. The number of aromatic nitrogens is 4. The van der Waals surface area contributed by atoms with E-state index in [4.69, 9.17) is 0 Å². The van der Waals surface area contributed by atoms with Gasteiger partial charge in [-0.1, -0.05) is 11.8 Å². The van der Waals surface area contributed by atoms with Crippen LogP contribution in [-0.2, 0) is 6.54 Å². The van der Waals surface area contributed by atoms with Crippen molar-refractivity contribution in [3.63, 3.8) is 0 Å². The second kappa shape index (κ2) is 6.91. The number of likely N-dealkylation sites (tertiary alicyclic amines) is 1. The van der Waals surface area contributed by atoms with Gasteiger partial charge in [0.1, 0.15) is 5.65 Å². The fraction of sp³-hybridized carbons (Fsp3) is 0.389. The topological polar surface area (TPSA) is 57.7 Å². The van der Waals surface area contributed by atoms with Crippen LogP contribution in [-0.4, -0.2) is 44.2 Å². The first kappa shape index (κ1) is 15.6. The van der Waals surface area contributed by atoms with Crippen molar-refractivity contribution in [3.05, 3.63) is 48.0 Å². The summed E-state index contributed by atoms with van der Waals surface area (Å²) in [5, 5.41) is 2.03. The largest absolute Gasteiger partial charge is 0.343 e. The molecule has 6 heteroatoms. The highest BCUT2D eigenvalue weighted by atomic mass is 32.2. The summed E-state index contributed by atoms with van der Waals surface area (Å²) in [5.41, 5.74) is 3.49. The molecule has 124 valence electrons. The molecule has 0 unspecified atom stereocenters. The zero-order valence-corrected chi connectivity index (χ0v) is 14.6. The number of fused-ring (bicyclic) bond motifs is 1. The van der Waals surface area contributed by atoms with Gasteiger partial charge in [-0.3, -0.25) is 4.90 Å². The summed E-state index contributed by atoms with van der Waals surface area (Å²) >= 11 is 1.58. The molecule has 1 fully saturated rings. The van der Waals surface area contributed by atoms with Crippen molar-refractivity contribution in [1.82, 2.24) is 24.8 Å². The quantitative estimate of drug-likeness (QED) is 0.583. The van der Waals surface area contributed by atoms with Crippen LogP contribution in [0, 0.1) is 0 Å². The van der Waals surface area contributed by atoms with E-state index >= 15 is 0 Å². The summed E-state index contributed by atoms with van der Waals surface area (Å²) in [6, 6.07) is 6.37. The molecular formula is C18H21N5S. The number of nitrogens with one attached hydrogen (secondary N) is 1. The number of thioether (sulfide) groups is 1. The van der Waals surface area contributed by atoms with Crippen LogP contribution in [0.1, 0.15) is 30.0 Å². The number of rotatable bonds is 4. The lowest BCUT2D eigenvalue weighted by atomic mass is 9.94. The summed E-state index contributed by atoms with van der Waals surface area (Å²) < 4.78 is 0. The highest BCUT2D eigenvalue weighted by Gasteiger charge is 2.23. The van der Waals surface area contributed by atoms with E-state index in [1.807, 2.05) is 30.9 Å². The van der Waals surface area contributed by atoms with E-state index in [0.29, 0.717) is 5.92 Å². The van der Waals surface area contributed by atoms with Gasteiger partial charge in [0.15, 0.2) is 5.16 Å². The molecule has 3 aromatic rings. The van der Waals surface area contributed by atoms with Gasteiger partial charge in [0.2, 0.25) is 0 Å². The first-order valence-corrected chi connectivity index (χ1v) is 9.55. The van der Waals surface area contributed by atoms with Crippen LogP contribution in [0.2, 0.25) is 0 Å². The molecule has 0 radical (unpaired) electrons. The van der Waals surface area contributed by atoms with Crippen LogP contribution in [0.4, 0.5) is 0 Å². The third kappa shape index (κ3) is 3.30. The lowest BCUT2D eigenvalue weighted by Gasteiger charge is -2.32. The maximum Gasteiger partial charge on any atom is 0.187 e. The van der Waals surface area contributed by atoms with E-state index in [-0.39, 0.29) is 0 Å². The number of nitrogens with zero attached hydrogens (tertiary/aromatic N) is 4. The van der Waals surface area contributed by atoms with Gasteiger partial charge in [-0.05, 0) is 43.8 Å². The molecule has 0 aromatic carbocycles. The fourth-order valence-corrected chi connectivity index (χ4v) is 3.76. The zero-order valence-electron chi connectivity index (χ0n) is 13.8. The van der Waals surface area contributed by atoms with Crippen LogP contribution in [0.25, 0.3) is 11.0 Å². The van der Waals surface area contributed by atoms with Gasteiger partial charge in [-0.2, -0.15) is 0 Å². The lowest BCUT2D eigenvalue weighted by molar-refractivity contribution is 0.198. The van der Waals surface area contributed by atoms with Crippen molar-refractivity contribution in [2.75, 3.05) is 19.3 Å². The minimum absolute atomic E-state index is 0.541. The van der Waals surface area contributed by atoms with Crippen molar-refractivity contribution in [1.29, 1.82) is 0 Å². The van der Waals surface area contributed by atoms with Crippen molar-refractivity contribution >= 4 is 22.8 Å². The first-order valence-electron chi connectivity index (χ1n) is 8.33. The Bertz CT molecular complexity index is 781. The van der Waals surface area contributed by atoms with Crippen molar-refractivity contribution in [2.24, 2.45) is 0 Å². The Balaban J connectivity index is 1.46. The molecule has 1 N–H and O–H groups in total. The van der Waals surface area contributed by atoms with Gasteiger partial charge in [0.05, 0.1) is 0 Å². The maximum absolute atomic E-state index is 4.41. The number of H-pyrrole nitrogens is 1. The summed E-state index contributed by atoms with van der Waals surface area (Å²) in [4.78, 5) is 19.2. The Kier molecular flexibility index (Phi) is 4.49. The Labute approximate surface area is 145 Å². The van der Waals surface area contributed by atoms with Gasteiger partial charge < -0.3 is 4.98 Å². The van der Waals surface area contributed by atoms with Gasteiger partial charge >= 0.3 is 0 Å². The molecule has 0 bridgehead atoms. The van der Waals surface area contributed by atoms with Crippen LogP contribution in [0.5, 0.6) is 0 Å². The van der Waals surface area contributed by atoms with E-state index in [2.05, 4.69) is 37.0 Å². The van der Waals surface area contributed by atoms with Crippen LogP contribution in [0.3, 0.4) is 0 Å². The number of hydrogen-bond donors (Lipinski definition) is 1. The van der Waals surface area contributed by atoms with Gasteiger partial charge in [0, 0.05) is 54.2 Å². The zero-order chi connectivity index (χ0) is 16.4. The summed E-state index contributed by atoms with van der Waals surface area (Å²) in [6.07, 6.45) is 10.2. The second-order valence-electron chi connectivity index (χ2n) is 6.32. The predicted molar refractivity (Wildman–Crippen MR) is 97.2 cm³/mol. The smallest absolute Gasteiger partial charge is 0.187 e. The molecule has 1 aliphatic rings. The normalized spacial score (nSPS) is 19.0. The molecule has 4 heterocycles. The average molecular weight is 339 g/mol. The van der Waals surface area contributed by atoms with E-state index in [1.54, 1.807) is 11.8 Å². The van der Waals surface area contributed by atoms with Gasteiger partial charge in [-0.15, -0.1) is 0 Å². The summed E-state index contributed by atoms with van der Waals surface area (Å²) in [5.74, 6) is 0.541. The molecule has 4 rings (SSSR count). The van der Waals surface area contributed by atoms with Crippen LogP contribution in [0.15, 0.2) is 41.9 Å². The fourth-order valence-electron chi connectivity index (χ4n) is 3.44.